The quantitative estimate of drug-likeness (QED) is 0.790. The number of rotatable bonds is 3. The summed E-state index contributed by atoms with van der Waals surface area (Å²) in [7, 11) is 0. The van der Waals surface area contributed by atoms with Crippen LogP contribution in [0.25, 0.3) is 11.0 Å². The van der Waals surface area contributed by atoms with Crippen molar-refractivity contribution in [1.82, 2.24) is 20.0 Å². The fraction of sp³-hybridized carbons (Fsp3) is 0.500. The fourth-order valence-electron chi connectivity index (χ4n) is 4.55. The molecule has 0 saturated carbocycles. The maximum Gasteiger partial charge on any atom is 0.140 e. The van der Waals surface area contributed by atoms with E-state index in [4.69, 9.17) is 4.52 Å². The molecule has 1 aliphatic heterocycles. The Kier molecular flexibility index (Phi) is 3.82. The van der Waals surface area contributed by atoms with Crippen molar-refractivity contribution in [2.45, 2.75) is 51.0 Å². The molecule has 1 N–H and O–H groups in total. The van der Waals surface area contributed by atoms with E-state index in [9.17, 15) is 0 Å². The zero-order chi connectivity index (χ0) is 16.6. The Morgan fingerprint density at radius 3 is 3.20 bits per heavy atom. The van der Waals surface area contributed by atoms with Gasteiger partial charge in [-0.25, -0.2) is 4.98 Å². The van der Waals surface area contributed by atoms with Gasteiger partial charge in [-0.1, -0.05) is 5.16 Å². The van der Waals surface area contributed by atoms with Gasteiger partial charge in [0.05, 0.1) is 0 Å². The van der Waals surface area contributed by atoms with Crippen LogP contribution in [0.5, 0.6) is 0 Å². The number of likely N-dealkylation sites (tertiary alicyclic amines) is 1. The van der Waals surface area contributed by atoms with Crippen LogP contribution in [0.1, 0.15) is 54.2 Å². The van der Waals surface area contributed by atoms with Gasteiger partial charge in [-0.15, -0.1) is 0 Å². The van der Waals surface area contributed by atoms with Crippen LogP contribution >= 0.6 is 0 Å². The first-order valence-corrected chi connectivity index (χ1v) is 9.49. The maximum absolute atomic E-state index is 5.60. The van der Waals surface area contributed by atoms with Crippen molar-refractivity contribution < 1.29 is 4.52 Å². The van der Waals surface area contributed by atoms with E-state index in [1.165, 1.54) is 47.9 Å². The van der Waals surface area contributed by atoms with E-state index < -0.39 is 0 Å². The van der Waals surface area contributed by atoms with E-state index in [1.54, 1.807) is 0 Å². The van der Waals surface area contributed by atoms with Crippen molar-refractivity contribution in [3.8, 4) is 0 Å². The Morgan fingerprint density at radius 2 is 2.20 bits per heavy atom. The summed E-state index contributed by atoms with van der Waals surface area (Å²) in [5.41, 5.74) is 4.98. The van der Waals surface area contributed by atoms with Gasteiger partial charge >= 0.3 is 0 Å². The number of piperidine rings is 1. The Balaban J connectivity index is 1.35. The standard InChI is InChI=1S/C20H24N4O/c1-2-8-19-16(6-1)18(23-25-19)13-24-10-4-5-14(12-24)17-11-22-20-15(17)7-3-9-21-20/h3,7,9,11,14H,1-2,4-6,8,10,12-13H2,(H,21,22). The number of hydrogen-bond donors (Lipinski definition) is 1. The summed E-state index contributed by atoms with van der Waals surface area (Å²) in [5, 5.41) is 5.67. The monoisotopic (exact) mass is 336 g/mol. The molecule has 1 unspecified atom stereocenters. The Labute approximate surface area is 147 Å². The Bertz CT molecular complexity index is 881. The molecule has 1 fully saturated rings. The zero-order valence-electron chi connectivity index (χ0n) is 14.5. The zero-order valence-corrected chi connectivity index (χ0v) is 14.5. The molecule has 4 heterocycles. The number of aryl methyl sites for hydroxylation is 1. The lowest BCUT2D eigenvalue weighted by atomic mass is 9.90. The van der Waals surface area contributed by atoms with Crippen LogP contribution in [-0.2, 0) is 19.4 Å². The van der Waals surface area contributed by atoms with Crippen LogP contribution in [0.4, 0.5) is 0 Å². The van der Waals surface area contributed by atoms with Crippen LogP contribution < -0.4 is 0 Å². The summed E-state index contributed by atoms with van der Waals surface area (Å²) in [5.74, 6) is 1.70. The smallest absolute Gasteiger partial charge is 0.140 e. The molecule has 130 valence electrons. The van der Waals surface area contributed by atoms with Gasteiger partial charge in [0, 0.05) is 42.9 Å². The number of H-pyrrole nitrogens is 1. The minimum atomic E-state index is 0.564. The molecule has 1 atom stereocenters. The lowest BCUT2D eigenvalue weighted by Crippen LogP contribution is -2.34. The molecule has 25 heavy (non-hydrogen) atoms. The summed E-state index contributed by atoms with van der Waals surface area (Å²) in [6.07, 6.45) is 11.2. The second kappa shape index (κ2) is 6.30. The molecule has 1 aliphatic carbocycles. The lowest BCUT2D eigenvalue weighted by Gasteiger charge is -2.32. The van der Waals surface area contributed by atoms with Crippen LogP contribution in [0, 0.1) is 0 Å². The van der Waals surface area contributed by atoms with Gasteiger partial charge in [0.2, 0.25) is 0 Å². The van der Waals surface area contributed by atoms with Crippen LogP contribution in [0.2, 0.25) is 0 Å². The third-order valence-electron chi connectivity index (χ3n) is 5.83. The molecule has 5 nitrogen and oxygen atoms in total. The molecule has 3 aromatic rings. The van der Waals surface area contributed by atoms with Gasteiger partial charge in [0.15, 0.2) is 0 Å². The minimum absolute atomic E-state index is 0.564. The number of nitrogens with zero attached hydrogens (tertiary/aromatic N) is 3. The molecule has 5 rings (SSSR count). The summed E-state index contributed by atoms with van der Waals surface area (Å²) in [6, 6.07) is 4.21. The normalized spacial score (nSPS) is 21.5. The van der Waals surface area contributed by atoms with Crippen LogP contribution in [-0.4, -0.2) is 33.1 Å². The van der Waals surface area contributed by atoms with Crippen molar-refractivity contribution in [3.05, 3.63) is 47.1 Å². The third kappa shape index (κ3) is 2.76. The molecule has 0 spiro atoms. The predicted molar refractivity (Wildman–Crippen MR) is 96.5 cm³/mol. The number of fused-ring (bicyclic) bond motifs is 2. The summed E-state index contributed by atoms with van der Waals surface area (Å²) in [6.45, 7) is 3.16. The number of aromatic amines is 1. The summed E-state index contributed by atoms with van der Waals surface area (Å²) < 4.78 is 5.60. The van der Waals surface area contributed by atoms with Gasteiger partial charge in [-0.05, 0) is 62.3 Å². The summed E-state index contributed by atoms with van der Waals surface area (Å²) in [4.78, 5) is 10.3. The highest BCUT2D eigenvalue weighted by Gasteiger charge is 2.26. The van der Waals surface area contributed by atoms with E-state index in [2.05, 4.69) is 32.3 Å². The van der Waals surface area contributed by atoms with Crippen molar-refractivity contribution in [2.75, 3.05) is 13.1 Å². The first-order chi connectivity index (χ1) is 12.4. The van der Waals surface area contributed by atoms with Crippen molar-refractivity contribution >= 4 is 11.0 Å². The molecular weight excluding hydrogens is 312 g/mol. The molecule has 2 aliphatic rings. The summed E-state index contributed by atoms with van der Waals surface area (Å²) >= 11 is 0. The molecule has 0 amide bonds. The molecule has 1 saturated heterocycles. The first kappa shape index (κ1) is 15.1. The van der Waals surface area contributed by atoms with E-state index in [-0.39, 0.29) is 0 Å². The Morgan fingerprint density at radius 1 is 1.24 bits per heavy atom. The fourth-order valence-corrected chi connectivity index (χ4v) is 4.55. The number of hydrogen-bond acceptors (Lipinski definition) is 4. The molecule has 0 radical (unpaired) electrons. The third-order valence-corrected chi connectivity index (χ3v) is 5.83. The SMILES string of the molecule is c1cnc2[nH]cc(C3CCCN(Cc4noc5c4CCCC5)C3)c2c1. The highest BCUT2D eigenvalue weighted by molar-refractivity contribution is 5.80. The average molecular weight is 336 g/mol. The largest absolute Gasteiger partial charge is 0.361 e. The number of aromatic nitrogens is 3. The topological polar surface area (TPSA) is 58.0 Å². The second-order valence-electron chi connectivity index (χ2n) is 7.46. The molecule has 5 heteroatoms. The average Bonchev–Trinajstić information content (AvgIpc) is 3.27. The second-order valence-corrected chi connectivity index (χ2v) is 7.46. The van der Waals surface area contributed by atoms with E-state index >= 15 is 0 Å². The minimum Gasteiger partial charge on any atom is -0.361 e. The van der Waals surface area contributed by atoms with Crippen LogP contribution in [0.3, 0.4) is 0 Å². The van der Waals surface area contributed by atoms with Gasteiger partial charge in [0.1, 0.15) is 17.1 Å². The highest BCUT2D eigenvalue weighted by Crippen LogP contribution is 2.33. The van der Waals surface area contributed by atoms with Crippen molar-refractivity contribution in [1.29, 1.82) is 0 Å². The van der Waals surface area contributed by atoms with Gasteiger partial charge < -0.3 is 9.51 Å². The molecule has 3 aromatic heterocycles. The number of nitrogens with one attached hydrogen (secondary N) is 1. The van der Waals surface area contributed by atoms with Crippen molar-refractivity contribution in [2.24, 2.45) is 0 Å². The number of pyridine rings is 1. The van der Waals surface area contributed by atoms with Gasteiger partial charge in [-0.3, -0.25) is 4.90 Å². The molecule has 0 bridgehead atoms. The van der Waals surface area contributed by atoms with E-state index in [0.717, 1.165) is 43.9 Å². The lowest BCUT2D eigenvalue weighted by molar-refractivity contribution is 0.195. The Hall–Kier alpha value is -2.14. The van der Waals surface area contributed by atoms with Crippen LogP contribution in [0.15, 0.2) is 29.0 Å². The van der Waals surface area contributed by atoms with Gasteiger partial charge in [0.25, 0.3) is 0 Å². The van der Waals surface area contributed by atoms with Gasteiger partial charge in [-0.2, -0.15) is 0 Å². The van der Waals surface area contributed by atoms with E-state index in [1.807, 2.05) is 12.3 Å². The highest BCUT2D eigenvalue weighted by atomic mass is 16.5. The van der Waals surface area contributed by atoms with Crippen molar-refractivity contribution in [3.63, 3.8) is 0 Å². The predicted octanol–water partition coefficient (Wildman–Crippen LogP) is 3.81. The first-order valence-electron chi connectivity index (χ1n) is 9.49. The molecular formula is C20H24N4O. The molecule has 0 aromatic carbocycles. The maximum atomic E-state index is 5.60. The van der Waals surface area contributed by atoms with E-state index in [0.29, 0.717) is 5.92 Å².